The van der Waals surface area contributed by atoms with Crippen LogP contribution >= 0.6 is 0 Å². The Bertz CT molecular complexity index is 1030. The lowest BCUT2D eigenvalue weighted by molar-refractivity contribution is -0.133. The largest absolute Gasteiger partial charge is 0.337 e. The van der Waals surface area contributed by atoms with Gasteiger partial charge in [0.05, 0.1) is 6.54 Å². The maximum atomic E-state index is 13.6. The molecule has 2 aromatic rings. The van der Waals surface area contributed by atoms with Crippen molar-refractivity contribution in [3.05, 3.63) is 41.5 Å². The Balaban J connectivity index is 1.65. The highest BCUT2D eigenvalue weighted by Crippen LogP contribution is 2.30. The summed E-state index contributed by atoms with van der Waals surface area (Å²) in [6.45, 7) is 11.4. The molecule has 2 amide bonds. The fraction of sp³-hybridized carbons (Fsp3) is 0.630. The molecule has 2 aliphatic rings. The third-order valence-electron chi connectivity index (χ3n) is 7.59. The van der Waals surface area contributed by atoms with Gasteiger partial charge in [-0.2, -0.15) is 5.10 Å². The second-order valence-electron chi connectivity index (χ2n) is 9.84. The van der Waals surface area contributed by atoms with E-state index in [1.165, 1.54) is 6.42 Å². The molecule has 190 valence electrons. The number of hydrogen-bond donors (Lipinski definition) is 0. The van der Waals surface area contributed by atoms with Crippen molar-refractivity contribution in [3.8, 4) is 0 Å². The number of likely N-dealkylation sites (N-methyl/N-ethyl adjacent to an activating group) is 1. The highest BCUT2D eigenvalue weighted by Gasteiger charge is 2.33. The number of piperidine rings is 1. The van der Waals surface area contributed by atoms with Crippen LogP contribution in [0.15, 0.2) is 24.3 Å². The van der Waals surface area contributed by atoms with Crippen molar-refractivity contribution < 1.29 is 9.59 Å². The van der Waals surface area contributed by atoms with Gasteiger partial charge in [-0.05, 0) is 51.3 Å². The van der Waals surface area contributed by atoms with E-state index in [-0.39, 0.29) is 11.8 Å². The van der Waals surface area contributed by atoms with Gasteiger partial charge in [0.15, 0.2) is 0 Å². The Labute approximate surface area is 209 Å². The Morgan fingerprint density at radius 2 is 1.80 bits per heavy atom. The highest BCUT2D eigenvalue weighted by molar-refractivity contribution is 5.94. The molecular weight excluding hydrogens is 440 g/mol. The number of fused-ring (bicyclic) bond motifs is 3. The van der Waals surface area contributed by atoms with Gasteiger partial charge in [0.1, 0.15) is 11.6 Å². The van der Waals surface area contributed by atoms with Gasteiger partial charge in [-0.1, -0.05) is 38.5 Å². The molecule has 4 rings (SSSR count). The van der Waals surface area contributed by atoms with Crippen molar-refractivity contribution in [3.63, 3.8) is 0 Å². The maximum Gasteiger partial charge on any atom is 0.226 e. The molecule has 0 radical (unpaired) electrons. The molecule has 2 aliphatic heterocycles. The van der Waals surface area contributed by atoms with Crippen LogP contribution in [-0.4, -0.2) is 68.1 Å². The lowest BCUT2D eigenvalue weighted by Gasteiger charge is -2.43. The molecular formula is C27H40N6O2. The predicted molar refractivity (Wildman–Crippen MR) is 137 cm³/mol. The van der Waals surface area contributed by atoms with Crippen LogP contribution in [0.1, 0.15) is 69.6 Å². The molecule has 2 atom stereocenters. The highest BCUT2D eigenvalue weighted by atomic mass is 16.2. The molecule has 0 aliphatic carbocycles. The Hall–Kier alpha value is -2.74. The first kappa shape index (κ1) is 25.4. The Morgan fingerprint density at radius 3 is 2.51 bits per heavy atom. The number of aryl methyl sites for hydroxylation is 3. The predicted octanol–water partition coefficient (Wildman–Crippen LogP) is 3.70. The van der Waals surface area contributed by atoms with Crippen molar-refractivity contribution in [2.75, 3.05) is 24.5 Å². The summed E-state index contributed by atoms with van der Waals surface area (Å²) in [6, 6.07) is 8.89. The molecule has 1 aromatic carbocycles. The molecule has 3 heterocycles. The number of amides is 2. The van der Waals surface area contributed by atoms with Crippen molar-refractivity contribution >= 4 is 17.5 Å². The first-order valence-electron chi connectivity index (χ1n) is 13.2. The molecule has 8 heteroatoms. The first-order chi connectivity index (χ1) is 16.9. The average molecular weight is 481 g/mol. The van der Waals surface area contributed by atoms with Crippen LogP contribution < -0.4 is 4.90 Å². The summed E-state index contributed by atoms with van der Waals surface area (Å²) in [5.41, 5.74) is 1.98. The second kappa shape index (κ2) is 11.3. The Morgan fingerprint density at radius 1 is 1.03 bits per heavy atom. The van der Waals surface area contributed by atoms with Crippen LogP contribution in [0.25, 0.3) is 0 Å². The minimum Gasteiger partial charge on any atom is -0.337 e. The molecule has 1 aromatic heterocycles. The maximum absolute atomic E-state index is 13.6. The molecule has 8 nitrogen and oxygen atoms in total. The van der Waals surface area contributed by atoms with E-state index >= 15 is 0 Å². The number of aromatic nitrogens is 3. The second-order valence-corrected chi connectivity index (χ2v) is 9.84. The normalized spacial score (nSPS) is 21.4. The third-order valence-corrected chi connectivity index (χ3v) is 7.59. The molecule has 2 bridgehead atoms. The summed E-state index contributed by atoms with van der Waals surface area (Å²) in [6.07, 6.45) is 5.24. The summed E-state index contributed by atoms with van der Waals surface area (Å²) in [5, 5.41) is 4.43. The van der Waals surface area contributed by atoms with Crippen molar-refractivity contribution in [1.29, 1.82) is 0 Å². The number of benzene rings is 1. The van der Waals surface area contributed by atoms with Gasteiger partial charge < -0.3 is 9.80 Å². The molecule has 0 N–H and O–H groups in total. The van der Waals surface area contributed by atoms with Crippen LogP contribution in [0.3, 0.4) is 0 Å². The van der Waals surface area contributed by atoms with E-state index in [4.69, 9.17) is 0 Å². The summed E-state index contributed by atoms with van der Waals surface area (Å²) >= 11 is 0. The number of nitrogens with zero attached hydrogens (tertiary/aromatic N) is 6. The van der Waals surface area contributed by atoms with Gasteiger partial charge in [0, 0.05) is 50.2 Å². The van der Waals surface area contributed by atoms with E-state index in [1.807, 2.05) is 53.5 Å². The van der Waals surface area contributed by atoms with Crippen LogP contribution in [0.5, 0.6) is 0 Å². The van der Waals surface area contributed by atoms with E-state index in [1.54, 1.807) is 0 Å². The number of anilines is 1. The number of carbonyl (C=O) groups excluding carboxylic acids is 2. The number of hydrogen-bond acceptors (Lipinski definition) is 5. The van der Waals surface area contributed by atoms with Gasteiger partial charge >= 0.3 is 0 Å². The van der Waals surface area contributed by atoms with Gasteiger partial charge in [0.2, 0.25) is 11.8 Å². The van der Waals surface area contributed by atoms with E-state index in [0.717, 1.165) is 55.3 Å². The lowest BCUT2D eigenvalue weighted by Crippen LogP contribution is -2.52. The average Bonchev–Trinajstić information content (AvgIpc) is 3.18. The van der Waals surface area contributed by atoms with E-state index in [0.29, 0.717) is 44.6 Å². The summed E-state index contributed by atoms with van der Waals surface area (Å²) in [7, 11) is 0. The minimum absolute atomic E-state index is 0.123. The zero-order valence-corrected chi connectivity index (χ0v) is 21.7. The van der Waals surface area contributed by atoms with Crippen LogP contribution in [0.2, 0.25) is 0 Å². The summed E-state index contributed by atoms with van der Waals surface area (Å²) in [4.78, 5) is 37.6. The smallest absolute Gasteiger partial charge is 0.226 e. The topological polar surface area (TPSA) is 74.6 Å². The molecule has 0 spiro atoms. The zero-order chi connectivity index (χ0) is 24.9. The van der Waals surface area contributed by atoms with Gasteiger partial charge in [-0.3, -0.25) is 14.5 Å². The lowest BCUT2D eigenvalue weighted by atomic mass is 9.93. The zero-order valence-electron chi connectivity index (χ0n) is 21.7. The number of para-hydroxylation sites is 1. The fourth-order valence-corrected chi connectivity index (χ4v) is 5.85. The van der Waals surface area contributed by atoms with Gasteiger partial charge in [-0.15, -0.1) is 0 Å². The molecule has 2 unspecified atom stereocenters. The summed E-state index contributed by atoms with van der Waals surface area (Å²) < 4.78 is 1.82. The van der Waals surface area contributed by atoms with E-state index in [9.17, 15) is 9.59 Å². The van der Waals surface area contributed by atoms with Crippen molar-refractivity contribution in [1.82, 2.24) is 24.6 Å². The van der Waals surface area contributed by atoms with Crippen molar-refractivity contribution in [2.45, 2.75) is 91.4 Å². The number of carbonyl (C=O) groups is 2. The van der Waals surface area contributed by atoms with Gasteiger partial charge in [-0.25, -0.2) is 9.67 Å². The van der Waals surface area contributed by atoms with Crippen LogP contribution in [-0.2, 0) is 22.7 Å². The number of rotatable bonds is 5. The SMILES string of the molecule is CCC(=O)N1CCC2CCCC(CN(C(=O)CCn3nc(C)nc3C)Cc3ccccc31)N2CC. The van der Waals surface area contributed by atoms with Gasteiger partial charge in [0.25, 0.3) is 0 Å². The minimum atomic E-state index is 0.123. The quantitative estimate of drug-likeness (QED) is 0.652. The third kappa shape index (κ3) is 5.74. The van der Waals surface area contributed by atoms with Crippen LogP contribution in [0.4, 0.5) is 5.69 Å². The fourth-order valence-electron chi connectivity index (χ4n) is 5.85. The molecule has 1 saturated heterocycles. The summed E-state index contributed by atoms with van der Waals surface area (Å²) in [5.74, 6) is 1.82. The van der Waals surface area contributed by atoms with Crippen molar-refractivity contribution in [2.24, 2.45) is 0 Å². The van der Waals surface area contributed by atoms with E-state index in [2.05, 4.69) is 28.0 Å². The monoisotopic (exact) mass is 480 g/mol. The first-order valence-corrected chi connectivity index (χ1v) is 13.2. The standard InChI is InChI=1S/C27H40N6O2/c1-5-26(34)32-16-14-23-11-9-12-24(31(23)6-2)19-30(18-22-10-7-8-13-25(22)32)27(35)15-17-33-21(4)28-20(3)29-33/h7-8,10,13,23-24H,5-6,9,11-12,14-19H2,1-4H3. The molecule has 1 fully saturated rings. The molecule has 0 saturated carbocycles. The Kier molecular flexibility index (Phi) is 8.21. The molecule has 35 heavy (non-hydrogen) atoms. The van der Waals surface area contributed by atoms with Crippen LogP contribution in [0, 0.1) is 13.8 Å². The van der Waals surface area contributed by atoms with E-state index < -0.39 is 0 Å².